The van der Waals surface area contributed by atoms with Gasteiger partial charge in [-0.15, -0.1) is 0 Å². The summed E-state index contributed by atoms with van der Waals surface area (Å²) in [6.07, 6.45) is 9.17. The zero-order valence-electron chi connectivity index (χ0n) is 22.2. The standard InChI is InChI=1S/C29H38N6O2/c1-4-37-29(36)24-16-23(21-10-11-25(32-18-21)35-14-12-20(17-30)13-15-35)26(27(31)19(2)3)28(34-24)33-22-8-6-5-7-9-22/h10-11,16,18-20,22,31H,4-9,12-15H2,1-3H3,(H,33,34). The highest BCUT2D eigenvalue weighted by molar-refractivity contribution is 6.10. The largest absolute Gasteiger partial charge is 0.461 e. The van der Waals surface area contributed by atoms with Gasteiger partial charge >= 0.3 is 5.97 Å². The van der Waals surface area contributed by atoms with E-state index < -0.39 is 5.97 Å². The third-order valence-electron chi connectivity index (χ3n) is 7.36. The number of hydrogen-bond acceptors (Lipinski definition) is 8. The number of nitriles is 1. The molecule has 2 N–H and O–H groups in total. The van der Waals surface area contributed by atoms with Crippen LogP contribution in [0.3, 0.4) is 0 Å². The Labute approximate surface area is 220 Å². The number of nitrogens with zero attached hydrogens (tertiary/aromatic N) is 4. The van der Waals surface area contributed by atoms with Crippen LogP contribution in [-0.2, 0) is 4.74 Å². The third kappa shape index (κ3) is 6.27. The van der Waals surface area contributed by atoms with Gasteiger partial charge in [-0.05, 0) is 62.3 Å². The highest BCUT2D eigenvalue weighted by atomic mass is 16.5. The fourth-order valence-corrected chi connectivity index (χ4v) is 5.16. The second-order valence-electron chi connectivity index (χ2n) is 10.3. The van der Waals surface area contributed by atoms with E-state index in [0.717, 1.165) is 74.1 Å². The first-order valence-corrected chi connectivity index (χ1v) is 13.6. The molecule has 1 saturated carbocycles. The molecule has 0 amide bonds. The van der Waals surface area contributed by atoms with Crippen molar-refractivity contribution in [3.8, 4) is 17.2 Å². The second-order valence-corrected chi connectivity index (χ2v) is 10.3. The number of ether oxygens (including phenoxy) is 1. The maximum atomic E-state index is 12.8. The van der Waals surface area contributed by atoms with Crippen LogP contribution >= 0.6 is 0 Å². The Bertz CT molecular complexity index is 1140. The number of hydrogen-bond donors (Lipinski definition) is 2. The summed E-state index contributed by atoms with van der Waals surface area (Å²) < 4.78 is 5.30. The van der Waals surface area contributed by atoms with Crippen LogP contribution in [0.5, 0.6) is 0 Å². The number of carbonyl (C=O) groups excluding carboxylic acids is 1. The molecular weight excluding hydrogens is 464 g/mol. The Morgan fingerprint density at radius 1 is 1.22 bits per heavy atom. The monoisotopic (exact) mass is 502 g/mol. The zero-order chi connectivity index (χ0) is 26.4. The molecule has 196 valence electrons. The summed E-state index contributed by atoms with van der Waals surface area (Å²) >= 11 is 0. The molecule has 0 aromatic carbocycles. The molecular formula is C29H38N6O2. The number of nitrogens with one attached hydrogen (secondary N) is 2. The number of aromatic nitrogens is 2. The Balaban J connectivity index is 1.75. The minimum Gasteiger partial charge on any atom is -0.461 e. The Morgan fingerprint density at radius 2 is 1.95 bits per heavy atom. The molecule has 0 bridgehead atoms. The molecule has 2 aromatic rings. The van der Waals surface area contributed by atoms with Gasteiger partial charge in [-0.2, -0.15) is 5.26 Å². The van der Waals surface area contributed by atoms with E-state index in [1.54, 1.807) is 13.0 Å². The Kier molecular flexibility index (Phi) is 8.75. The van der Waals surface area contributed by atoms with E-state index in [-0.39, 0.29) is 30.2 Å². The lowest BCUT2D eigenvalue weighted by Gasteiger charge is -2.30. The van der Waals surface area contributed by atoms with Crippen molar-refractivity contribution in [2.75, 3.05) is 29.9 Å². The normalized spacial score (nSPS) is 16.9. The van der Waals surface area contributed by atoms with Crippen LogP contribution in [0.15, 0.2) is 24.4 Å². The Hall–Kier alpha value is -3.47. The molecule has 4 rings (SSSR count). The molecule has 0 atom stereocenters. The summed E-state index contributed by atoms with van der Waals surface area (Å²) in [5, 5.41) is 21.8. The van der Waals surface area contributed by atoms with Crippen LogP contribution in [0.25, 0.3) is 11.1 Å². The molecule has 1 saturated heterocycles. The first-order valence-electron chi connectivity index (χ1n) is 13.6. The minimum atomic E-state index is -0.469. The number of carbonyl (C=O) groups is 1. The summed E-state index contributed by atoms with van der Waals surface area (Å²) in [5.41, 5.74) is 3.02. The highest BCUT2D eigenvalue weighted by Crippen LogP contribution is 2.34. The molecule has 2 aromatic heterocycles. The van der Waals surface area contributed by atoms with E-state index in [2.05, 4.69) is 16.3 Å². The van der Waals surface area contributed by atoms with Gasteiger partial charge in [0.05, 0.1) is 12.7 Å². The summed E-state index contributed by atoms with van der Waals surface area (Å²) in [6.45, 7) is 7.68. The molecule has 8 heteroatoms. The van der Waals surface area contributed by atoms with E-state index >= 15 is 0 Å². The van der Waals surface area contributed by atoms with Crippen molar-refractivity contribution >= 4 is 23.3 Å². The number of anilines is 2. The van der Waals surface area contributed by atoms with Gasteiger partial charge < -0.3 is 20.4 Å². The van der Waals surface area contributed by atoms with E-state index in [4.69, 9.17) is 20.1 Å². The molecule has 37 heavy (non-hydrogen) atoms. The lowest BCUT2D eigenvalue weighted by atomic mass is 9.91. The van der Waals surface area contributed by atoms with Crippen LogP contribution in [0.2, 0.25) is 0 Å². The lowest BCUT2D eigenvalue weighted by Crippen LogP contribution is -2.33. The first kappa shape index (κ1) is 26.6. The van der Waals surface area contributed by atoms with Gasteiger partial charge in [-0.3, -0.25) is 0 Å². The fraction of sp³-hybridized carbons (Fsp3) is 0.552. The highest BCUT2D eigenvalue weighted by Gasteiger charge is 2.26. The van der Waals surface area contributed by atoms with Crippen LogP contribution in [0, 0.1) is 28.6 Å². The van der Waals surface area contributed by atoms with E-state index in [1.807, 2.05) is 32.2 Å². The predicted molar refractivity (Wildman–Crippen MR) is 146 cm³/mol. The average molecular weight is 503 g/mol. The SMILES string of the molecule is CCOC(=O)c1cc(-c2ccc(N3CCC(C#N)CC3)nc2)c(C(=N)C(C)C)c(NC2CCCCC2)n1. The fourth-order valence-electron chi connectivity index (χ4n) is 5.16. The number of pyridine rings is 2. The quantitative estimate of drug-likeness (QED) is 0.345. The summed E-state index contributed by atoms with van der Waals surface area (Å²) in [5.74, 6) is 1.08. The summed E-state index contributed by atoms with van der Waals surface area (Å²) in [6, 6.07) is 8.37. The van der Waals surface area contributed by atoms with Gasteiger partial charge in [0.2, 0.25) is 0 Å². The van der Waals surface area contributed by atoms with Crippen molar-refractivity contribution in [1.29, 1.82) is 10.7 Å². The topological polar surface area (TPSA) is 115 Å². The number of rotatable bonds is 8. The molecule has 3 heterocycles. The Morgan fingerprint density at radius 3 is 2.54 bits per heavy atom. The van der Waals surface area contributed by atoms with Crippen molar-refractivity contribution in [2.45, 2.75) is 71.8 Å². The first-order chi connectivity index (χ1) is 17.9. The zero-order valence-corrected chi connectivity index (χ0v) is 22.2. The molecule has 2 aliphatic rings. The molecule has 2 fully saturated rings. The van der Waals surface area contributed by atoms with Crippen molar-refractivity contribution in [3.05, 3.63) is 35.7 Å². The molecule has 1 aliphatic carbocycles. The lowest BCUT2D eigenvalue weighted by molar-refractivity contribution is 0.0519. The molecule has 1 aliphatic heterocycles. The maximum Gasteiger partial charge on any atom is 0.357 e. The summed E-state index contributed by atoms with van der Waals surface area (Å²) in [4.78, 5) is 24.4. The van der Waals surface area contributed by atoms with Gasteiger partial charge in [0.15, 0.2) is 5.69 Å². The summed E-state index contributed by atoms with van der Waals surface area (Å²) in [7, 11) is 0. The van der Waals surface area contributed by atoms with Crippen LogP contribution in [0.4, 0.5) is 11.6 Å². The number of esters is 1. The van der Waals surface area contributed by atoms with Crippen molar-refractivity contribution in [3.63, 3.8) is 0 Å². The maximum absolute atomic E-state index is 12.8. The van der Waals surface area contributed by atoms with Gasteiger partial charge in [0, 0.05) is 48.1 Å². The molecule has 0 radical (unpaired) electrons. The van der Waals surface area contributed by atoms with Gasteiger partial charge in [0.1, 0.15) is 11.6 Å². The van der Waals surface area contributed by atoms with E-state index in [1.165, 1.54) is 6.42 Å². The third-order valence-corrected chi connectivity index (χ3v) is 7.36. The second kappa shape index (κ2) is 12.2. The van der Waals surface area contributed by atoms with Crippen molar-refractivity contribution in [1.82, 2.24) is 9.97 Å². The van der Waals surface area contributed by atoms with E-state index in [0.29, 0.717) is 11.5 Å². The number of piperidine rings is 1. The molecule has 8 nitrogen and oxygen atoms in total. The molecule has 0 spiro atoms. The van der Waals surface area contributed by atoms with Crippen molar-refractivity contribution in [2.24, 2.45) is 11.8 Å². The van der Waals surface area contributed by atoms with E-state index in [9.17, 15) is 10.1 Å². The predicted octanol–water partition coefficient (Wildman–Crippen LogP) is 5.83. The van der Waals surface area contributed by atoms with Gasteiger partial charge in [0.25, 0.3) is 0 Å². The van der Waals surface area contributed by atoms with Gasteiger partial charge in [-0.25, -0.2) is 14.8 Å². The van der Waals surface area contributed by atoms with Gasteiger partial charge in [-0.1, -0.05) is 33.1 Å². The molecule has 0 unspecified atom stereocenters. The van der Waals surface area contributed by atoms with Crippen LogP contribution < -0.4 is 10.2 Å². The van der Waals surface area contributed by atoms with Crippen LogP contribution in [0.1, 0.15) is 81.8 Å². The average Bonchev–Trinajstić information content (AvgIpc) is 2.93. The van der Waals surface area contributed by atoms with Crippen LogP contribution in [-0.4, -0.2) is 47.4 Å². The smallest absolute Gasteiger partial charge is 0.357 e. The minimum absolute atomic E-state index is 0.0189. The van der Waals surface area contributed by atoms with Crippen molar-refractivity contribution < 1.29 is 9.53 Å².